The maximum Gasteiger partial charge on any atom is 0.227 e. The van der Waals surface area contributed by atoms with Crippen LogP contribution in [0.5, 0.6) is 0 Å². The molecule has 74 valence electrons. The lowest BCUT2D eigenvalue weighted by molar-refractivity contribution is -0.117. The number of benzene rings is 1. The van der Waals surface area contributed by atoms with Crippen LogP contribution in [0.3, 0.4) is 0 Å². The smallest absolute Gasteiger partial charge is 0.227 e. The van der Waals surface area contributed by atoms with Gasteiger partial charge in [-0.3, -0.25) is 4.79 Å². The average molecular weight is 193 g/mol. The predicted molar refractivity (Wildman–Crippen MR) is 52.7 cm³/mol. The summed E-state index contributed by atoms with van der Waals surface area (Å²) in [5.41, 5.74) is 1.66. The molecule has 1 fully saturated rings. The van der Waals surface area contributed by atoms with Crippen molar-refractivity contribution in [1.82, 2.24) is 0 Å². The molecule has 1 heterocycles. The molecule has 1 aliphatic rings. The topological polar surface area (TPSA) is 20.3 Å². The average Bonchev–Trinajstić information content (AvgIpc) is 2.56. The highest BCUT2D eigenvalue weighted by atomic mass is 19.1. The van der Waals surface area contributed by atoms with Crippen LogP contribution < -0.4 is 4.90 Å². The molecule has 0 aliphatic carbocycles. The molecule has 1 saturated heterocycles. The highest BCUT2D eigenvalue weighted by Gasteiger charge is 2.23. The van der Waals surface area contributed by atoms with Gasteiger partial charge in [-0.15, -0.1) is 0 Å². The second-order valence-electron chi connectivity index (χ2n) is 3.58. The highest BCUT2D eigenvalue weighted by molar-refractivity contribution is 5.95. The minimum Gasteiger partial charge on any atom is -0.312 e. The number of rotatable bonds is 1. The Labute approximate surface area is 82.3 Å². The second kappa shape index (κ2) is 3.40. The van der Waals surface area contributed by atoms with Gasteiger partial charge in [0.1, 0.15) is 5.82 Å². The molecule has 0 N–H and O–H groups in total. The Hall–Kier alpha value is -1.38. The Morgan fingerprint density at radius 3 is 2.86 bits per heavy atom. The van der Waals surface area contributed by atoms with Crippen LogP contribution in [0.15, 0.2) is 18.2 Å². The summed E-state index contributed by atoms with van der Waals surface area (Å²) >= 11 is 0. The summed E-state index contributed by atoms with van der Waals surface area (Å²) in [5, 5.41) is 0. The minimum atomic E-state index is -0.287. The summed E-state index contributed by atoms with van der Waals surface area (Å²) in [7, 11) is 0. The molecule has 2 nitrogen and oxygen atoms in total. The first-order valence-corrected chi connectivity index (χ1v) is 4.75. The summed E-state index contributed by atoms with van der Waals surface area (Å²) < 4.78 is 13.0. The Kier molecular flexibility index (Phi) is 2.23. The van der Waals surface area contributed by atoms with Crippen molar-refractivity contribution in [2.45, 2.75) is 19.8 Å². The van der Waals surface area contributed by atoms with Crippen LogP contribution in [-0.2, 0) is 4.79 Å². The first-order valence-electron chi connectivity index (χ1n) is 4.75. The molecule has 1 aromatic rings. The van der Waals surface area contributed by atoms with Gasteiger partial charge in [-0.2, -0.15) is 0 Å². The molecule has 1 aliphatic heterocycles. The van der Waals surface area contributed by atoms with Crippen molar-refractivity contribution in [2.75, 3.05) is 11.4 Å². The number of carbonyl (C=O) groups is 1. The maximum atomic E-state index is 13.0. The molecule has 3 heteroatoms. The molecule has 14 heavy (non-hydrogen) atoms. The van der Waals surface area contributed by atoms with Gasteiger partial charge in [0, 0.05) is 18.7 Å². The zero-order valence-corrected chi connectivity index (χ0v) is 8.09. The van der Waals surface area contributed by atoms with E-state index in [0.717, 1.165) is 12.0 Å². The first-order chi connectivity index (χ1) is 6.68. The summed E-state index contributed by atoms with van der Waals surface area (Å²) in [4.78, 5) is 13.1. The summed E-state index contributed by atoms with van der Waals surface area (Å²) in [6.45, 7) is 2.60. The Balaban J connectivity index is 2.39. The Bertz CT molecular complexity index is 376. The summed E-state index contributed by atoms with van der Waals surface area (Å²) in [6, 6.07) is 4.55. The molecule has 0 spiro atoms. The van der Waals surface area contributed by atoms with E-state index in [1.54, 1.807) is 11.0 Å². The molecular formula is C11H12FNO. The van der Waals surface area contributed by atoms with Crippen molar-refractivity contribution in [3.63, 3.8) is 0 Å². The molecule has 0 bridgehead atoms. The van der Waals surface area contributed by atoms with Crippen LogP contribution in [0.2, 0.25) is 0 Å². The van der Waals surface area contributed by atoms with Crippen LogP contribution in [0.1, 0.15) is 18.4 Å². The van der Waals surface area contributed by atoms with Crippen LogP contribution >= 0.6 is 0 Å². The third-order valence-corrected chi connectivity index (χ3v) is 2.54. The van der Waals surface area contributed by atoms with Crippen LogP contribution in [-0.4, -0.2) is 12.5 Å². The molecule has 2 rings (SSSR count). The third-order valence-electron chi connectivity index (χ3n) is 2.54. The largest absolute Gasteiger partial charge is 0.312 e. The molecule has 0 saturated carbocycles. The normalized spacial score (nSPS) is 16.4. The number of anilines is 1. The van der Waals surface area contributed by atoms with Crippen molar-refractivity contribution in [3.05, 3.63) is 29.6 Å². The number of halogens is 1. The van der Waals surface area contributed by atoms with Crippen molar-refractivity contribution in [3.8, 4) is 0 Å². The fourth-order valence-electron chi connectivity index (χ4n) is 1.78. The number of hydrogen-bond donors (Lipinski definition) is 0. The van der Waals surface area contributed by atoms with E-state index in [2.05, 4.69) is 0 Å². The summed E-state index contributed by atoms with van der Waals surface area (Å²) in [5.74, 6) is -0.191. The molecule has 0 radical (unpaired) electrons. The van der Waals surface area contributed by atoms with Gasteiger partial charge in [0.25, 0.3) is 0 Å². The van der Waals surface area contributed by atoms with Gasteiger partial charge in [-0.1, -0.05) is 6.07 Å². The lowest BCUT2D eigenvalue weighted by atomic mass is 10.2. The molecular weight excluding hydrogens is 181 g/mol. The molecule has 1 aromatic carbocycles. The lowest BCUT2D eigenvalue weighted by Crippen LogP contribution is -2.24. The minimum absolute atomic E-state index is 0.0960. The molecule has 0 unspecified atom stereocenters. The fourth-order valence-corrected chi connectivity index (χ4v) is 1.78. The van der Waals surface area contributed by atoms with Gasteiger partial charge in [0.15, 0.2) is 0 Å². The zero-order chi connectivity index (χ0) is 10.1. The third kappa shape index (κ3) is 1.50. The number of hydrogen-bond acceptors (Lipinski definition) is 1. The molecule has 0 aromatic heterocycles. The summed E-state index contributed by atoms with van der Waals surface area (Å²) in [6.07, 6.45) is 1.45. The van der Waals surface area contributed by atoms with Crippen molar-refractivity contribution < 1.29 is 9.18 Å². The van der Waals surface area contributed by atoms with Crippen LogP contribution in [0.4, 0.5) is 10.1 Å². The number of amides is 1. The highest BCUT2D eigenvalue weighted by Crippen LogP contribution is 2.25. The second-order valence-corrected chi connectivity index (χ2v) is 3.58. The van der Waals surface area contributed by atoms with Crippen LogP contribution in [0, 0.1) is 12.7 Å². The Morgan fingerprint density at radius 2 is 2.21 bits per heavy atom. The zero-order valence-electron chi connectivity index (χ0n) is 8.09. The van der Waals surface area contributed by atoms with E-state index >= 15 is 0 Å². The van der Waals surface area contributed by atoms with E-state index in [4.69, 9.17) is 0 Å². The standard InChI is InChI=1S/C11H12FNO/c1-8-4-5-9(12)7-10(8)13-6-2-3-11(13)14/h4-5,7H,2-3,6H2,1H3. The van der Waals surface area contributed by atoms with Crippen molar-refractivity contribution in [1.29, 1.82) is 0 Å². The van der Waals surface area contributed by atoms with Crippen molar-refractivity contribution in [2.24, 2.45) is 0 Å². The Morgan fingerprint density at radius 1 is 1.43 bits per heavy atom. The van der Waals surface area contributed by atoms with Gasteiger partial charge in [0.05, 0.1) is 0 Å². The molecule has 0 atom stereocenters. The van der Waals surface area contributed by atoms with Gasteiger partial charge in [-0.05, 0) is 31.0 Å². The van der Waals surface area contributed by atoms with Gasteiger partial charge in [0.2, 0.25) is 5.91 Å². The number of aryl methyl sites for hydroxylation is 1. The number of nitrogens with zero attached hydrogens (tertiary/aromatic N) is 1. The fraction of sp³-hybridized carbons (Fsp3) is 0.364. The number of carbonyl (C=O) groups excluding carboxylic acids is 1. The van der Waals surface area contributed by atoms with E-state index in [1.807, 2.05) is 6.92 Å². The maximum absolute atomic E-state index is 13.0. The van der Waals surface area contributed by atoms with E-state index in [0.29, 0.717) is 18.7 Å². The predicted octanol–water partition coefficient (Wildman–Crippen LogP) is 2.26. The van der Waals surface area contributed by atoms with E-state index in [1.165, 1.54) is 12.1 Å². The monoisotopic (exact) mass is 193 g/mol. The van der Waals surface area contributed by atoms with E-state index < -0.39 is 0 Å². The lowest BCUT2D eigenvalue weighted by Gasteiger charge is -2.17. The van der Waals surface area contributed by atoms with Gasteiger partial charge in [-0.25, -0.2) is 4.39 Å². The van der Waals surface area contributed by atoms with Gasteiger partial charge >= 0.3 is 0 Å². The van der Waals surface area contributed by atoms with E-state index in [-0.39, 0.29) is 11.7 Å². The SMILES string of the molecule is Cc1ccc(F)cc1N1CCCC1=O. The first kappa shape index (κ1) is 9.19. The van der Waals surface area contributed by atoms with E-state index in [9.17, 15) is 9.18 Å². The van der Waals surface area contributed by atoms with Crippen LogP contribution in [0.25, 0.3) is 0 Å². The molecule has 1 amide bonds. The quantitative estimate of drug-likeness (QED) is 0.670. The van der Waals surface area contributed by atoms with Crippen molar-refractivity contribution >= 4 is 11.6 Å². The van der Waals surface area contributed by atoms with Gasteiger partial charge < -0.3 is 4.90 Å².